The number of nitrogens with zero attached hydrogens (tertiary/aromatic N) is 1. The largest absolute Gasteiger partial charge is 0.314 e. The predicted molar refractivity (Wildman–Crippen MR) is 90.4 cm³/mol. The summed E-state index contributed by atoms with van der Waals surface area (Å²) in [6.45, 7) is 9.86. The molecular weight excluding hydrogens is 304 g/mol. The summed E-state index contributed by atoms with van der Waals surface area (Å²) in [5, 5.41) is 3.34. The molecule has 0 radical (unpaired) electrons. The summed E-state index contributed by atoms with van der Waals surface area (Å²) in [6, 6.07) is 4.11. The third kappa shape index (κ3) is 6.06. The molecule has 0 saturated heterocycles. The molecule has 1 N–H and O–H groups in total. The maximum absolute atomic E-state index is 12.5. The summed E-state index contributed by atoms with van der Waals surface area (Å²) in [6.07, 6.45) is 1.75. The third-order valence-corrected chi connectivity index (χ3v) is 6.72. The van der Waals surface area contributed by atoms with Crippen LogP contribution in [0.1, 0.15) is 39.0 Å². The number of sulfonamides is 1. The fourth-order valence-electron chi connectivity index (χ4n) is 1.83. The fourth-order valence-corrected chi connectivity index (χ4v) is 4.58. The van der Waals surface area contributed by atoms with E-state index >= 15 is 0 Å². The predicted octanol–water partition coefficient (Wildman–Crippen LogP) is 2.96. The van der Waals surface area contributed by atoms with Gasteiger partial charge >= 0.3 is 0 Å². The second kappa shape index (κ2) is 8.27. The minimum Gasteiger partial charge on any atom is -0.314 e. The van der Waals surface area contributed by atoms with Crippen molar-refractivity contribution in [2.75, 3.05) is 20.1 Å². The van der Waals surface area contributed by atoms with E-state index in [4.69, 9.17) is 0 Å². The molecule has 0 atom stereocenters. The van der Waals surface area contributed by atoms with E-state index in [1.807, 2.05) is 6.07 Å². The van der Waals surface area contributed by atoms with Crippen molar-refractivity contribution in [2.24, 2.45) is 5.92 Å². The Bertz CT molecular complexity index is 522. The van der Waals surface area contributed by atoms with Gasteiger partial charge in [-0.15, -0.1) is 11.3 Å². The van der Waals surface area contributed by atoms with E-state index in [1.54, 1.807) is 13.1 Å². The van der Waals surface area contributed by atoms with E-state index in [0.29, 0.717) is 22.7 Å². The Morgan fingerprint density at radius 1 is 1.24 bits per heavy atom. The summed E-state index contributed by atoms with van der Waals surface area (Å²) in [4.78, 5) is 1.11. The van der Waals surface area contributed by atoms with Crippen molar-refractivity contribution >= 4 is 21.4 Å². The van der Waals surface area contributed by atoms with Crippen LogP contribution in [0.3, 0.4) is 0 Å². The van der Waals surface area contributed by atoms with Gasteiger partial charge in [-0.05, 0) is 30.9 Å². The molecule has 0 aliphatic heterocycles. The Hall–Kier alpha value is -0.430. The molecule has 4 nitrogen and oxygen atoms in total. The summed E-state index contributed by atoms with van der Waals surface area (Å²) >= 11 is 1.38. The van der Waals surface area contributed by atoms with Crippen molar-refractivity contribution in [3.05, 3.63) is 17.0 Å². The molecular formula is C15H28N2O2S2. The minimum atomic E-state index is -3.32. The average Bonchev–Trinajstić information content (AvgIpc) is 2.84. The fraction of sp³-hybridized carbons (Fsp3) is 0.733. The molecule has 0 aliphatic carbocycles. The molecule has 0 amide bonds. The Labute approximate surface area is 133 Å². The highest BCUT2D eigenvalue weighted by Gasteiger charge is 2.22. The summed E-state index contributed by atoms with van der Waals surface area (Å²) in [5.41, 5.74) is 0. The lowest BCUT2D eigenvalue weighted by Crippen LogP contribution is -2.28. The van der Waals surface area contributed by atoms with Gasteiger partial charge in [0.1, 0.15) is 4.21 Å². The van der Waals surface area contributed by atoms with Gasteiger partial charge in [-0.1, -0.05) is 27.7 Å². The van der Waals surface area contributed by atoms with E-state index in [2.05, 4.69) is 33.0 Å². The highest BCUT2D eigenvalue weighted by molar-refractivity contribution is 7.91. The molecule has 1 aromatic rings. The van der Waals surface area contributed by atoms with Gasteiger partial charge in [0.15, 0.2) is 0 Å². The first-order valence-corrected chi connectivity index (χ1v) is 9.77. The lowest BCUT2D eigenvalue weighted by molar-refractivity contribution is 0.429. The number of nitrogens with one attached hydrogen (secondary N) is 1. The van der Waals surface area contributed by atoms with Crippen molar-refractivity contribution in [1.29, 1.82) is 0 Å². The molecule has 122 valence electrons. The highest BCUT2D eigenvalue weighted by Crippen LogP contribution is 2.25. The summed E-state index contributed by atoms with van der Waals surface area (Å²) in [7, 11) is -1.66. The van der Waals surface area contributed by atoms with Gasteiger partial charge in [0, 0.05) is 31.1 Å². The van der Waals surface area contributed by atoms with Crippen LogP contribution in [-0.4, -0.2) is 38.9 Å². The van der Waals surface area contributed by atoms with E-state index in [-0.39, 0.29) is 0 Å². The van der Waals surface area contributed by atoms with E-state index in [0.717, 1.165) is 24.3 Å². The standard InChI is InChI=1S/C15H28N2O2S2/c1-12(2)9-11-17(5)21(18,19)15-7-6-14(20-15)8-10-16-13(3)4/h6-7,12-13,16H,8-11H2,1-5H3. The maximum Gasteiger partial charge on any atom is 0.252 e. The smallest absolute Gasteiger partial charge is 0.252 e. The van der Waals surface area contributed by atoms with Crippen LogP contribution in [0.4, 0.5) is 0 Å². The zero-order valence-corrected chi connectivity index (χ0v) is 15.4. The van der Waals surface area contributed by atoms with Gasteiger partial charge in [0.2, 0.25) is 0 Å². The van der Waals surface area contributed by atoms with Crippen LogP contribution in [0.15, 0.2) is 16.3 Å². The van der Waals surface area contributed by atoms with Crippen molar-refractivity contribution in [3.63, 3.8) is 0 Å². The number of hydrogen-bond donors (Lipinski definition) is 1. The molecule has 6 heteroatoms. The Morgan fingerprint density at radius 3 is 2.48 bits per heavy atom. The number of thiophene rings is 1. The van der Waals surface area contributed by atoms with Crippen molar-refractivity contribution in [3.8, 4) is 0 Å². The van der Waals surface area contributed by atoms with Crippen LogP contribution >= 0.6 is 11.3 Å². The summed E-state index contributed by atoms with van der Waals surface area (Å²) in [5.74, 6) is 0.503. The molecule has 21 heavy (non-hydrogen) atoms. The Balaban J connectivity index is 2.65. The summed E-state index contributed by atoms with van der Waals surface area (Å²) < 4.78 is 26.8. The molecule has 1 rings (SSSR count). The van der Waals surface area contributed by atoms with E-state index in [1.165, 1.54) is 15.6 Å². The maximum atomic E-state index is 12.5. The van der Waals surface area contributed by atoms with Gasteiger partial charge in [0.05, 0.1) is 0 Å². The number of rotatable bonds is 9. The highest BCUT2D eigenvalue weighted by atomic mass is 32.2. The average molecular weight is 333 g/mol. The molecule has 0 saturated carbocycles. The van der Waals surface area contributed by atoms with Crippen molar-refractivity contribution in [2.45, 2.75) is 50.8 Å². The lowest BCUT2D eigenvalue weighted by Gasteiger charge is -2.17. The zero-order chi connectivity index (χ0) is 16.0. The van der Waals surface area contributed by atoms with Gasteiger partial charge in [-0.3, -0.25) is 0 Å². The molecule has 1 aromatic heterocycles. The van der Waals surface area contributed by atoms with Gasteiger partial charge in [-0.25, -0.2) is 12.7 Å². The van der Waals surface area contributed by atoms with Gasteiger partial charge in [-0.2, -0.15) is 0 Å². The first-order valence-electron chi connectivity index (χ1n) is 7.52. The normalized spacial score (nSPS) is 12.8. The quantitative estimate of drug-likeness (QED) is 0.756. The van der Waals surface area contributed by atoms with E-state index < -0.39 is 10.0 Å². The van der Waals surface area contributed by atoms with Gasteiger partial charge in [0.25, 0.3) is 10.0 Å². The van der Waals surface area contributed by atoms with Crippen LogP contribution in [-0.2, 0) is 16.4 Å². The van der Waals surface area contributed by atoms with Crippen LogP contribution in [0, 0.1) is 5.92 Å². The second-order valence-electron chi connectivity index (χ2n) is 6.09. The zero-order valence-electron chi connectivity index (χ0n) is 13.7. The second-order valence-corrected chi connectivity index (χ2v) is 9.53. The Kier molecular flexibility index (Phi) is 7.33. The van der Waals surface area contributed by atoms with Crippen LogP contribution in [0.25, 0.3) is 0 Å². The number of hydrogen-bond acceptors (Lipinski definition) is 4. The molecule has 0 bridgehead atoms. The molecule has 0 spiro atoms. The molecule has 0 aromatic carbocycles. The van der Waals surface area contributed by atoms with Crippen LogP contribution in [0.5, 0.6) is 0 Å². The van der Waals surface area contributed by atoms with Crippen LogP contribution < -0.4 is 5.32 Å². The van der Waals surface area contributed by atoms with Crippen molar-refractivity contribution < 1.29 is 8.42 Å². The molecule has 0 aliphatic rings. The topological polar surface area (TPSA) is 49.4 Å². The monoisotopic (exact) mass is 332 g/mol. The SMILES string of the molecule is CC(C)CCN(C)S(=O)(=O)c1ccc(CCNC(C)C)s1. The van der Waals surface area contributed by atoms with Crippen molar-refractivity contribution in [1.82, 2.24) is 9.62 Å². The van der Waals surface area contributed by atoms with Crippen LogP contribution in [0.2, 0.25) is 0 Å². The minimum absolute atomic E-state index is 0.452. The molecule has 0 fully saturated rings. The molecule has 0 unspecified atom stereocenters. The first-order chi connectivity index (χ1) is 9.73. The van der Waals surface area contributed by atoms with E-state index in [9.17, 15) is 8.42 Å². The third-order valence-electron chi connectivity index (χ3n) is 3.25. The first kappa shape index (κ1) is 18.6. The Morgan fingerprint density at radius 2 is 1.90 bits per heavy atom. The molecule has 1 heterocycles. The van der Waals surface area contributed by atoms with Gasteiger partial charge < -0.3 is 5.32 Å². The lowest BCUT2D eigenvalue weighted by atomic mass is 10.1.